The molecule has 4 heterocycles. The molecule has 2 aliphatic rings. The van der Waals surface area contributed by atoms with E-state index in [0.29, 0.717) is 39.0 Å². The summed E-state index contributed by atoms with van der Waals surface area (Å²) in [5, 5.41) is 4.66. The highest BCUT2D eigenvalue weighted by atomic mass is 35.5. The third-order valence-corrected chi connectivity index (χ3v) is 10.3. The minimum atomic E-state index is -0.943. The van der Waals surface area contributed by atoms with Crippen molar-refractivity contribution in [2.24, 2.45) is 0 Å². The van der Waals surface area contributed by atoms with Gasteiger partial charge in [-0.25, -0.2) is 20.3 Å². The van der Waals surface area contributed by atoms with Gasteiger partial charge in [0.05, 0.1) is 0 Å². The van der Waals surface area contributed by atoms with Crippen LogP contribution in [0.1, 0.15) is 17.8 Å². The van der Waals surface area contributed by atoms with Crippen LogP contribution >= 0.6 is 22.9 Å². The maximum atomic E-state index is 16.8. The first-order chi connectivity index (χ1) is 23.8. The van der Waals surface area contributed by atoms with Crippen LogP contribution in [0, 0.1) is 12.4 Å². The van der Waals surface area contributed by atoms with Crippen molar-refractivity contribution in [1.29, 1.82) is 0 Å². The zero-order valence-corrected chi connectivity index (χ0v) is 28.2. The number of hydrogen-bond donors (Lipinski definition) is 0. The van der Waals surface area contributed by atoms with Gasteiger partial charge >= 0.3 is 6.01 Å². The average molecular weight is 700 g/mol. The van der Waals surface area contributed by atoms with Crippen LogP contribution in [0.25, 0.3) is 43.7 Å². The number of halogens is 3. The number of carbonyl (C=O) groups is 1. The molecule has 2 aromatic heterocycles. The molecule has 0 spiro atoms. The predicted octanol–water partition coefficient (Wildman–Crippen LogP) is 7.12. The van der Waals surface area contributed by atoms with Crippen LogP contribution in [-0.4, -0.2) is 89.1 Å². The molecule has 2 atom stereocenters. The van der Waals surface area contributed by atoms with Crippen molar-refractivity contribution >= 4 is 62.4 Å². The van der Waals surface area contributed by atoms with Crippen LogP contribution in [0.15, 0.2) is 65.9 Å². The van der Waals surface area contributed by atoms with Crippen LogP contribution in [0.5, 0.6) is 6.01 Å². The lowest BCUT2D eigenvalue weighted by Crippen LogP contribution is -2.56. The lowest BCUT2D eigenvalue weighted by atomic mass is 9.96. The first-order valence-corrected chi connectivity index (χ1v) is 17.2. The number of benzene rings is 3. The highest BCUT2D eigenvalue weighted by Crippen LogP contribution is 2.39. The van der Waals surface area contributed by atoms with Gasteiger partial charge in [0.15, 0.2) is 11.6 Å². The number of rotatable bonds is 8. The SMILES string of the molecule is [C-]#[N+]C[C@H]1CN(c2nc(OC[C@@H]3CCCN3C)nc3c(F)c(-c4cccc5cccc(Cl)c45)ccc23)CCN1C(=O)/C(F)=C/c1nccs1. The Morgan fingerprint density at radius 2 is 1.96 bits per heavy atom. The molecule has 7 rings (SSSR count). The highest BCUT2D eigenvalue weighted by molar-refractivity contribution is 7.10. The molecule has 0 bridgehead atoms. The maximum absolute atomic E-state index is 16.8. The molecule has 2 saturated heterocycles. The number of carbonyl (C=O) groups excluding carboxylic acids is 1. The van der Waals surface area contributed by atoms with Crippen LogP contribution in [0.3, 0.4) is 0 Å². The van der Waals surface area contributed by atoms with E-state index in [1.165, 1.54) is 22.4 Å². The first-order valence-electron chi connectivity index (χ1n) is 16.0. The topological polar surface area (TPSA) is 79.0 Å². The van der Waals surface area contributed by atoms with Gasteiger partial charge in [0.1, 0.15) is 29.0 Å². The molecule has 9 nitrogen and oxygen atoms in total. The predicted molar refractivity (Wildman–Crippen MR) is 189 cm³/mol. The molecule has 0 saturated carbocycles. The number of likely N-dealkylation sites (N-methyl/N-ethyl adjacent to an activating group) is 1. The highest BCUT2D eigenvalue weighted by Gasteiger charge is 2.36. The Balaban J connectivity index is 1.27. The molecule has 0 unspecified atom stereocenters. The summed E-state index contributed by atoms with van der Waals surface area (Å²) < 4.78 is 38.0. The Hall–Kier alpha value is -4.70. The summed E-state index contributed by atoms with van der Waals surface area (Å²) in [6.45, 7) is 9.41. The molecular weight excluding hydrogens is 668 g/mol. The minimum Gasteiger partial charge on any atom is -0.462 e. The molecule has 13 heteroatoms. The molecule has 5 aromatic rings. The fourth-order valence-electron chi connectivity index (χ4n) is 6.71. The Kier molecular flexibility index (Phi) is 9.40. The Labute approximate surface area is 291 Å². The quantitative estimate of drug-likeness (QED) is 0.126. The molecule has 0 N–H and O–H groups in total. The van der Waals surface area contributed by atoms with Crippen molar-refractivity contribution in [3.05, 3.63) is 93.2 Å². The van der Waals surface area contributed by atoms with E-state index in [1.807, 2.05) is 42.3 Å². The fraction of sp³-hybridized carbons (Fsp3) is 0.306. The summed E-state index contributed by atoms with van der Waals surface area (Å²) >= 11 is 7.84. The molecule has 250 valence electrons. The molecule has 49 heavy (non-hydrogen) atoms. The second-order valence-corrected chi connectivity index (χ2v) is 13.5. The van der Waals surface area contributed by atoms with Gasteiger partial charge in [-0.05, 0) is 49.5 Å². The molecule has 2 aliphatic heterocycles. The van der Waals surface area contributed by atoms with Crippen molar-refractivity contribution < 1.29 is 18.3 Å². The van der Waals surface area contributed by atoms with Crippen molar-refractivity contribution in [2.75, 3.05) is 51.3 Å². The summed E-state index contributed by atoms with van der Waals surface area (Å²) in [4.78, 5) is 35.7. The monoisotopic (exact) mass is 699 g/mol. The third kappa shape index (κ3) is 6.54. The molecule has 0 radical (unpaired) electrons. The van der Waals surface area contributed by atoms with Gasteiger partial charge in [-0.15, -0.1) is 11.3 Å². The van der Waals surface area contributed by atoms with Gasteiger partial charge in [0, 0.05) is 64.7 Å². The molecule has 2 fully saturated rings. The van der Waals surface area contributed by atoms with Gasteiger partial charge in [0.25, 0.3) is 5.91 Å². The number of nitrogens with zero attached hydrogens (tertiary/aromatic N) is 7. The number of piperazine rings is 1. The lowest BCUT2D eigenvalue weighted by Gasteiger charge is -2.39. The number of aromatic nitrogens is 3. The van der Waals surface area contributed by atoms with E-state index < -0.39 is 23.6 Å². The van der Waals surface area contributed by atoms with Crippen molar-refractivity contribution in [3.8, 4) is 17.1 Å². The van der Waals surface area contributed by atoms with E-state index in [2.05, 4.69) is 19.7 Å². The van der Waals surface area contributed by atoms with Crippen LogP contribution < -0.4 is 9.64 Å². The Bertz CT molecular complexity index is 2100. The number of likely N-dealkylation sites (tertiary alicyclic amines) is 1. The van der Waals surface area contributed by atoms with E-state index in [9.17, 15) is 4.79 Å². The summed E-state index contributed by atoms with van der Waals surface area (Å²) in [6, 6.07) is 14.3. The van der Waals surface area contributed by atoms with E-state index in [-0.39, 0.29) is 43.7 Å². The van der Waals surface area contributed by atoms with Crippen molar-refractivity contribution in [2.45, 2.75) is 24.9 Å². The average Bonchev–Trinajstić information content (AvgIpc) is 3.78. The molecule has 3 aromatic carbocycles. The van der Waals surface area contributed by atoms with Crippen LogP contribution in [0.2, 0.25) is 5.02 Å². The van der Waals surface area contributed by atoms with E-state index in [1.54, 1.807) is 23.6 Å². The van der Waals surface area contributed by atoms with E-state index in [4.69, 9.17) is 27.9 Å². The standard InChI is InChI=1S/C36H32ClF2N7O2S/c1-40-19-24-20-45(15-16-46(24)35(47)29(38)18-30-41-13-17-49-30)34-27-12-11-26(25-9-3-6-22-7-4-10-28(37)31(22)25)32(39)33(27)42-36(43-34)48-21-23-8-5-14-44(23)2/h3-4,6-7,9-13,17-18,23-24H,5,8,14-16,19-21H2,2H3/b29-18-/t23-,24-/m0/s1. The second-order valence-electron chi connectivity index (χ2n) is 12.2. The van der Waals surface area contributed by atoms with Gasteiger partial charge < -0.3 is 24.3 Å². The number of anilines is 1. The number of thiazole rings is 1. The van der Waals surface area contributed by atoms with Crippen molar-refractivity contribution in [3.63, 3.8) is 0 Å². The summed E-state index contributed by atoms with van der Waals surface area (Å²) in [5.41, 5.74) is 1.05. The lowest BCUT2D eigenvalue weighted by molar-refractivity contribution is -0.130. The molecule has 0 aliphatic carbocycles. The normalized spacial score (nSPS) is 18.7. The smallest absolute Gasteiger partial charge is 0.319 e. The third-order valence-electron chi connectivity index (χ3n) is 9.24. The number of fused-ring (bicyclic) bond motifs is 2. The molecular formula is C36H32ClF2N7O2S. The van der Waals surface area contributed by atoms with Crippen LogP contribution in [-0.2, 0) is 4.79 Å². The van der Waals surface area contributed by atoms with Gasteiger partial charge in [0.2, 0.25) is 6.54 Å². The van der Waals surface area contributed by atoms with Gasteiger partial charge in [-0.2, -0.15) is 9.97 Å². The summed E-state index contributed by atoms with van der Waals surface area (Å²) in [5.74, 6) is -1.87. The second kappa shape index (κ2) is 14.0. The fourth-order valence-corrected chi connectivity index (χ4v) is 7.55. The van der Waals surface area contributed by atoms with Gasteiger partial charge in [-0.1, -0.05) is 48.0 Å². The Morgan fingerprint density at radius 1 is 1.12 bits per heavy atom. The van der Waals surface area contributed by atoms with Gasteiger partial charge in [-0.3, -0.25) is 4.79 Å². The zero-order chi connectivity index (χ0) is 34.1. The summed E-state index contributed by atoms with van der Waals surface area (Å²) in [6.07, 6.45) is 4.68. The van der Waals surface area contributed by atoms with E-state index in [0.717, 1.165) is 36.2 Å². The van der Waals surface area contributed by atoms with E-state index >= 15 is 8.78 Å². The largest absolute Gasteiger partial charge is 0.462 e. The first kappa shape index (κ1) is 32.8. The van der Waals surface area contributed by atoms with Crippen molar-refractivity contribution in [1.82, 2.24) is 24.8 Å². The molecule has 1 amide bonds. The summed E-state index contributed by atoms with van der Waals surface area (Å²) in [7, 11) is 2.04. The maximum Gasteiger partial charge on any atom is 0.319 e. The van der Waals surface area contributed by atoms with Crippen LogP contribution in [0.4, 0.5) is 14.6 Å². The zero-order valence-electron chi connectivity index (χ0n) is 26.7. The number of ether oxygens (including phenoxy) is 1. The number of amides is 1. The Morgan fingerprint density at radius 3 is 2.71 bits per heavy atom. The minimum absolute atomic E-state index is 0.0347. The number of hydrogen-bond acceptors (Lipinski definition) is 8.